The van der Waals surface area contributed by atoms with Crippen LogP contribution in [0.25, 0.3) is 0 Å². The quantitative estimate of drug-likeness (QED) is 0.715. The average Bonchev–Trinajstić information content (AvgIpc) is 2.54. The molecule has 0 aliphatic rings. The van der Waals surface area contributed by atoms with Crippen molar-refractivity contribution in [1.82, 2.24) is 4.72 Å². The highest BCUT2D eigenvalue weighted by atomic mass is 79.9. The van der Waals surface area contributed by atoms with Crippen LogP contribution in [0.2, 0.25) is 0 Å². The van der Waals surface area contributed by atoms with Gasteiger partial charge in [0.2, 0.25) is 15.9 Å². The zero-order valence-corrected chi connectivity index (χ0v) is 15.1. The average molecular weight is 411 g/mol. The number of halogens is 1. The summed E-state index contributed by atoms with van der Waals surface area (Å²) in [6.45, 7) is 1.01. The van der Waals surface area contributed by atoms with Gasteiger partial charge in [-0.05, 0) is 43.3 Å². The molecule has 1 amide bonds. The molecule has 24 heavy (non-hydrogen) atoms. The van der Waals surface area contributed by atoms with Crippen LogP contribution in [0.1, 0.15) is 17.3 Å². The molecule has 0 radical (unpaired) electrons. The van der Waals surface area contributed by atoms with E-state index in [9.17, 15) is 18.0 Å². The van der Waals surface area contributed by atoms with E-state index in [0.717, 1.165) is 4.47 Å². The minimum absolute atomic E-state index is 0.0667. The molecule has 0 heterocycles. The van der Waals surface area contributed by atoms with Crippen LogP contribution in [0.15, 0.2) is 57.9 Å². The highest BCUT2D eigenvalue weighted by Crippen LogP contribution is 2.14. The first-order valence-electron chi connectivity index (χ1n) is 6.94. The molecule has 0 saturated heterocycles. The number of hydrogen-bond donors (Lipinski definition) is 2. The van der Waals surface area contributed by atoms with Crippen LogP contribution in [-0.2, 0) is 14.8 Å². The fraction of sp³-hybridized carbons (Fsp3) is 0.125. The largest absolute Gasteiger partial charge is 0.325 e. The van der Waals surface area contributed by atoms with E-state index in [-0.39, 0.29) is 10.7 Å². The van der Waals surface area contributed by atoms with Crippen LogP contribution in [0.3, 0.4) is 0 Å². The standard InChI is InChI=1S/C16H15BrN2O4S/c1-11(20)12-3-2-4-14(9-12)19-16(21)10-18-24(22,23)15-7-5-13(17)6-8-15/h2-9,18H,10H2,1H3,(H,19,21). The van der Waals surface area contributed by atoms with E-state index in [1.54, 1.807) is 30.3 Å². The minimum Gasteiger partial charge on any atom is -0.325 e. The molecule has 0 aromatic heterocycles. The number of rotatable bonds is 6. The molecule has 0 aliphatic carbocycles. The van der Waals surface area contributed by atoms with Crippen molar-refractivity contribution in [1.29, 1.82) is 0 Å². The van der Waals surface area contributed by atoms with Crippen molar-refractivity contribution >= 4 is 43.3 Å². The second-order valence-electron chi connectivity index (χ2n) is 4.96. The van der Waals surface area contributed by atoms with Crippen LogP contribution < -0.4 is 10.0 Å². The number of anilines is 1. The Bertz CT molecular complexity index is 864. The summed E-state index contributed by atoms with van der Waals surface area (Å²) in [6, 6.07) is 12.5. The lowest BCUT2D eigenvalue weighted by Gasteiger charge is -2.08. The van der Waals surface area contributed by atoms with Gasteiger partial charge in [0, 0.05) is 15.7 Å². The maximum atomic E-state index is 12.1. The maximum absolute atomic E-state index is 12.1. The van der Waals surface area contributed by atoms with Crippen LogP contribution in [0, 0.1) is 0 Å². The number of carbonyl (C=O) groups excluding carboxylic acids is 2. The van der Waals surface area contributed by atoms with Gasteiger partial charge in [0.25, 0.3) is 0 Å². The smallest absolute Gasteiger partial charge is 0.241 e. The Labute approximate surface area is 148 Å². The second-order valence-corrected chi connectivity index (χ2v) is 7.65. The molecule has 0 atom stereocenters. The Morgan fingerprint density at radius 2 is 1.75 bits per heavy atom. The summed E-state index contributed by atoms with van der Waals surface area (Å²) in [6.07, 6.45) is 0. The fourth-order valence-corrected chi connectivity index (χ4v) is 3.13. The van der Waals surface area contributed by atoms with E-state index in [1.807, 2.05) is 0 Å². The van der Waals surface area contributed by atoms with Gasteiger partial charge in [-0.3, -0.25) is 9.59 Å². The summed E-state index contributed by atoms with van der Waals surface area (Å²) in [5, 5.41) is 2.54. The van der Waals surface area contributed by atoms with Gasteiger partial charge in [-0.25, -0.2) is 13.1 Å². The van der Waals surface area contributed by atoms with Crippen molar-refractivity contribution in [3.63, 3.8) is 0 Å². The molecule has 0 spiro atoms. The third-order valence-corrected chi connectivity index (χ3v) is 5.05. The van der Waals surface area contributed by atoms with E-state index >= 15 is 0 Å². The Kier molecular flexibility index (Phi) is 5.87. The first kappa shape index (κ1) is 18.3. The predicted molar refractivity (Wildman–Crippen MR) is 94.4 cm³/mol. The number of sulfonamides is 1. The zero-order chi connectivity index (χ0) is 17.7. The molecule has 6 nitrogen and oxygen atoms in total. The summed E-state index contributed by atoms with van der Waals surface area (Å²) in [5.41, 5.74) is 0.888. The molecular formula is C16H15BrN2O4S. The third-order valence-electron chi connectivity index (χ3n) is 3.10. The third kappa shape index (κ3) is 4.98. The van der Waals surface area contributed by atoms with Crippen molar-refractivity contribution in [3.05, 3.63) is 58.6 Å². The normalized spacial score (nSPS) is 11.1. The monoisotopic (exact) mass is 410 g/mol. The molecule has 0 fully saturated rings. The molecule has 2 rings (SSSR count). The minimum atomic E-state index is -3.77. The van der Waals surface area contributed by atoms with Crippen LogP contribution in [0.5, 0.6) is 0 Å². The maximum Gasteiger partial charge on any atom is 0.241 e. The topological polar surface area (TPSA) is 92.3 Å². The van der Waals surface area contributed by atoms with Crippen molar-refractivity contribution < 1.29 is 18.0 Å². The van der Waals surface area contributed by atoms with Gasteiger partial charge in [0.15, 0.2) is 5.78 Å². The molecule has 126 valence electrons. The van der Waals surface area contributed by atoms with Gasteiger partial charge < -0.3 is 5.32 Å². The van der Waals surface area contributed by atoms with Crippen LogP contribution in [0.4, 0.5) is 5.69 Å². The van der Waals surface area contributed by atoms with Gasteiger partial charge in [-0.2, -0.15) is 0 Å². The Hall–Kier alpha value is -2.03. The molecule has 2 aromatic carbocycles. The molecule has 8 heteroatoms. The molecular weight excluding hydrogens is 396 g/mol. The second kappa shape index (κ2) is 7.69. The first-order chi connectivity index (χ1) is 11.3. The molecule has 0 unspecified atom stereocenters. The highest BCUT2D eigenvalue weighted by molar-refractivity contribution is 9.10. The number of benzene rings is 2. The summed E-state index contributed by atoms with van der Waals surface area (Å²) < 4.78 is 27.2. The molecule has 2 aromatic rings. The Balaban J connectivity index is 1.99. The number of ketones is 1. The molecule has 0 saturated carbocycles. The van der Waals surface area contributed by atoms with Crippen molar-refractivity contribution in [2.24, 2.45) is 0 Å². The van der Waals surface area contributed by atoms with Gasteiger partial charge in [0.05, 0.1) is 11.4 Å². The molecule has 2 N–H and O–H groups in total. The summed E-state index contributed by atoms with van der Waals surface area (Å²) >= 11 is 3.22. The van der Waals surface area contributed by atoms with E-state index in [1.165, 1.54) is 25.1 Å². The first-order valence-corrected chi connectivity index (χ1v) is 9.21. The summed E-state index contributed by atoms with van der Waals surface area (Å²) in [4.78, 5) is 23.3. The van der Waals surface area contributed by atoms with E-state index in [2.05, 4.69) is 26.0 Å². The van der Waals surface area contributed by atoms with Crippen molar-refractivity contribution in [3.8, 4) is 0 Å². The lowest BCUT2D eigenvalue weighted by atomic mass is 10.1. The number of nitrogens with one attached hydrogen (secondary N) is 2. The number of amides is 1. The SMILES string of the molecule is CC(=O)c1cccc(NC(=O)CNS(=O)(=O)c2ccc(Br)cc2)c1. The number of Topliss-reactive ketones (excluding diaryl/α,β-unsaturated/α-hetero) is 1. The summed E-state index contributed by atoms with van der Waals surface area (Å²) in [7, 11) is -3.77. The lowest BCUT2D eigenvalue weighted by molar-refractivity contribution is -0.115. The van der Waals surface area contributed by atoms with E-state index in [0.29, 0.717) is 11.3 Å². The van der Waals surface area contributed by atoms with Crippen LogP contribution >= 0.6 is 15.9 Å². The zero-order valence-electron chi connectivity index (χ0n) is 12.7. The van der Waals surface area contributed by atoms with Crippen LogP contribution in [-0.4, -0.2) is 26.7 Å². The van der Waals surface area contributed by atoms with Gasteiger partial charge >= 0.3 is 0 Å². The van der Waals surface area contributed by atoms with Crippen molar-refractivity contribution in [2.75, 3.05) is 11.9 Å². The molecule has 0 aliphatic heterocycles. The number of carbonyl (C=O) groups is 2. The Morgan fingerprint density at radius 1 is 1.08 bits per heavy atom. The van der Waals surface area contributed by atoms with E-state index < -0.39 is 22.5 Å². The van der Waals surface area contributed by atoms with Gasteiger partial charge in [0.1, 0.15) is 0 Å². The summed E-state index contributed by atoms with van der Waals surface area (Å²) in [5.74, 6) is -0.654. The Morgan fingerprint density at radius 3 is 2.38 bits per heavy atom. The van der Waals surface area contributed by atoms with E-state index in [4.69, 9.17) is 0 Å². The lowest BCUT2D eigenvalue weighted by Crippen LogP contribution is -2.32. The predicted octanol–water partition coefficient (Wildman–Crippen LogP) is 2.57. The van der Waals surface area contributed by atoms with Gasteiger partial charge in [-0.15, -0.1) is 0 Å². The highest BCUT2D eigenvalue weighted by Gasteiger charge is 2.15. The molecule has 0 bridgehead atoms. The fourth-order valence-electron chi connectivity index (χ4n) is 1.88. The number of hydrogen-bond acceptors (Lipinski definition) is 4. The van der Waals surface area contributed by atoms with Gasteiger partial charge in [-0.1, -0.05) is 28.1 Å². The van der Waals surface area contributed by atoms with Crippen molar-refractivity contribution in [2.45, 2.75) is 11.8 Å².